The van der Waals surface area contributed by atoms with Crippen LogP contribution in [0.4, 0.5) is 5.69 Å². The lowest BCUT2D eigenvalue weighted by atomic mass is 10.2. The largest absolute Gasteiger partial charge is 0.444 e. The fraction of sp³-hybridized carbons (Fsp3) is 0. The van der Waals surface area contributed by atoms with Crippen LogP contribution in [0.5, 0.6) is 0 Å². The number of oxazole rings is 1. The molecule has 1 N–H and O–H groups in total. The first-order valence-corrected chi connectivity index (χ1v) is 8.66. The highest BCUT2D eigenvalue weighted by Crippen LogP contribution is 2.27. The zero-order valence-corrected chi connectivity index (χ0v) is 13.9. The van der Waals surface area contributed by atoms with Gasteiger partial charge in [0.15, 0.2) is 12.2 Å². The number of rotatable bonds is 4. The van der Waals surface area contributed by atoms with Gasteiger partial charge in [-0.2, -0.15) is 0 Å². The van der Waals surface area contributed by atoms with E-state index in [1.807, 2.05) is 0 Å². The van der Waals surface area contributed by atoms with Crippen LogP contribution in [0.15, 0.2) is 64.4 Å². The second-order valence-corrected chi connectivity index (χ2v) is 7.12. The number of sulfonamides is 1. The van der Waals surface area contributed by atoms with Crippen LogP contribution in [0.3, 0.4) is 0 Å². The summed E-state index contributed by atoms with van der Waals surface area (Å²) in [5, 5.41) is 0.461. The number of halogens is 2. The molecule has 118 valence electrons. The third-order valence-electron chi connectivity index (χ3n) is 3.03. The molecule has 2 aromatic carbocycles. The lowest BCUT2D eigenvalue weighted by Gasteiger charge is -2.09. The SMILES string of the molecule is O=S(=O)(Nc1cccc(-c2cnco2)c1)c1ccc(Cl)c(Cl)c1. The summed E-state index contributed by atoms with van der Waals surface area (Å²) < 4.78 is 32.5. The summed E-state index contributed by atoms with van der Waals surface area (Å²) in [5.74, 6) is 0.542. The number of anilines is 1. The van der Waals surface area contributed by atoms with E-state index in [-0.39, 0.29) is 14.9 Å². The van der Waals surface area contributed by atoms with Gasteiger partial charge in [0, 0.05) is 11.3 Å². The van der Waals surface area contributed by atoms with Gasteiger partial charge in [0.1, 0.15) is 0 Å². The summed E-state index contributed by atoms with van der Waals surface area (Å²) in [5.41, 5.74) is 1.10. The molecular weight excluding hydrogens is 359 g/mol. The van der Waals surface area contributed by atoms with Gasteiger partial charge in [-0.25, -0.2) is 13.4 Å². The first-order valence-electron chi connectivity index (χ1n) is 6.42. The minimum atomic E-state index is -3.78. The fourth-order valence-electron chi connectivity index (χ4n) is 1.95. The van der Waals surface area contributed by atoms with Gasteiger partial charge in [-0.1, -0.05) is 35.3 Å². The van der Waals surface area contributed by atoms with Crippen molar-refractivity contribution < 1.29 is 12.8 Å². The molecule has 0 aliphatic carbocycles. The molecule has 1 heterocycles. The molecule has 3 aromatic rings. The number of nitrogens with one attached hydrogen (secondary N) is 1. The van der Waals surface area contributed by atoms with Gasteiger partial charge in [0.25, 0.3) is 10.0 Å². The van der Waals surface area contributed by atoms with Gasteiger partial charge < -0.3 is 4.42 Å². The Morgan fingerprint density at radius 3 is 2.57 bits per heavy atom. The minimum absolute atomic E-state index is 0.0250. The van der Waals surface area contributed by atoms with E-state index in [4.69, 9.17) is 27.6 Å². The lowest BCUT2D eigenvalue weighted by Crippen LogP contribution is -2.12. The van der Waals surface area contributed by atoms with Crippen molar-refractivity contribution in [2.75, 3.05) is 4.72 Å². The quantitative estimate of drug-likeness (QED) is 0.738. The van der Waals surface area contributed by atoms with Crippen LogP contribution in [0.2, 0.25) is 10.0 Å². The predicted octanol–water partition coefficient (Wildman–Crippen LogP) is 4.45. The first-order chi connectivity index (χ1) is 11.0. The maximum atomic E-state index is 12.4. The Kier molecular flexibility index (Phi) is 4.30. The summed E-state index contributed by atoms with van der Waals surface area (Å²) >= 11 is 11.7. The molecule has 0 fully saturated rings. The van der Waals surface area contributed by atoms with Crippen LogP contribution in [0, 0.1) is 0 Å². The smallest absolute Gasteiger partial charge is 0.261 e. The second kappa shape index (κ2) is 6.23. The summed E-state index contributed by atoms with van der Waals surface area (Å²) in [6.07, 6.45) is 2.86. The summed E-state index contributed by atoms with van der Waals surface area (Å²) in [6, 6.07) is 10.9. The van der Waals surface area contributed by atoms with Crippen LogP contribution >= 0.6 is 23.2 Å². The molecule has 8 heteroatoms. The standard InChI is InChI=1S/C15H10Cl2N2O3S/c16-13-5-4-12(7-14(13)17)23(20,21)19-11-3-1-2-10(6-11)15-8-18-9-22-15/h1-9,19H. The summed E-state index contributed by atoms with van der Waals surface area (Å²) in [6.45, 7) is 0. The minimum Gasteiger partial charge on any atom is -0.444 e. The van der Waals surface area contributed by atoms with Crippen LogP contribution < -0.4 is 4.72 Å². The second-order valence-electron chi connectivity index (χ2n) is 4.63. The average Bonchev–Trinajstić information content (AvgIpc) is 3.04. The van der Waals surface area contributed by atoms with Crippen LogP contribution in [0.25, 0.3) is 11.3 Å². The molecule has 0 atom stereocenters. The Balaban J connectivity index is 1.91. The molecule has 0 saturated heterocycles. The fourth-order valence-corrected chi connectivity index (χ4v) is 3.39. The highest BCUT2D eigenvalue weighted by molar-refractivity contribution is 7.92. The topological polar surface area (TPSA) is 72.2 Å². The molecule has 0 aliphatic rings. The molecule has 0 bridgehead atoms. The first kappa shape index (κ1) is 15.9. The molecular formula is C15H10Cl2N2O3S. The van der Waals surface area contributed by atoms with Crippen molar-refractivity contribution in [2.45, 2.75) is 4.90 Å². The van der Waals surface area contributed by atoms with E-state index in [2.05, 4.69) is 9.71 Å². The lowest BCUT2D eigenvalue weighted by molar-refractivity contribution is 0.572. The van der Waals surface area contributed by atoms with E-state index >= 15 is 0 Å². The highest BCUT2D eigenvalue weighted by Gasteiger charge is 2.16. The summed E-state index contributed by atoms with van der Waals surface area (Å²) in [4.78, 5) is 3.86. The molecule has 23 heavy (non-hydrogen) atoms. The van der Waals surface area contributed by atoms with E-state index in [1.54, 1.807) is 30.5 Å². The van der Waals surface area contributed by atoms with Crippen molar-refractivity contribution in [3.63, 3.8) is 0 Å². The highest BCUT2D eigenvalue weighted by atomic mass is 35.5. The Hall–Kier alpha value is -2.02. The van der Waals surface area contributed by atoms with E-state index in [0.29, 0.717) is 17.0 Å². The predicted molar refractivity (Wildman–Crippen MR) is 89.2 cm³/mol. The Bertz CT molecular complexity index is 941. The monoisotopic (exact) mass is 368 g/mol. The van der Waals surface area contributed by atoms with Crippen LogP contribution in [-0.4, -0.2) is 13.4 Å². The summed E-state index contributed by atoms with van der Waals surface area (Å²) in [7, 11) is -3.78. The molecule has 0 radical (unpaired) electrons. The van der Waals surface area contributed by atoms with Gasteiger partial charge in [-0.05, 0) is 30.3 Å². The number of hydrogen-bond donors (Lipinski definition) is 1. The van der Waals surface area contributed by atoms with Crippen molar-refractivity contribution in [3.8, 4) is 11.3 Å². The van der Waals surface area contributed by atoms with Gasteiger partial charge in [0.2, 0.25) is 0 Å². The average molecular weight is 369 g/mol. The Morgan fingerprint density at radius 1 is 1.04 bits per heavy atom. The maximum Gasteiger partial charge on any atom is 0.261 e. The van der Waals surface area contributed by atoms with Crippen molar-refractivity contribution >= 4 is 38.9 Å². The van der Waals surface area contributed by atoms with E-state index in [1.165, 1.54) is 24.6 Å². The maximum absolute atomic E-state index is 12.4. The van der Waals surface area contributed by atoms with Crippen molar-refractivity contribution in [1.82, 2.24) is 4.98 Å². The molecule has 0 spiro atoms. The number of aromatic nitrogens is 1. The van der Waals surface area contributed by atoms with Gasteiger partial charge in [0.05, 0.1) is 21.1 Å². The van der Waals surface area contributed by atoms with E-state index < -0.39 is 10.0 Å². The molecule has 0 saturated carbocycles. The Morgan fingerprint density at radius 2 is 1.87 bits per heavy atom. The van der Waals surface area contributed by atoms with Crippen molar-refractivity contribution in [2.24, 2.45) is 0 Å². The Labute approximate surface area is 142 Å². The molecule has 1 aromatic heterocycles. The third-order valence-corrected chi connectivity index (χ3v) is 5.15. The van der Waals surface area contributed by atoms with Gasteiger partial charge >= 0.3 is 0 Å². The normalized spacial score (nSPS) is 11.4. The molecule has 0 amide bonds. The van der Waals surface area contributed by atoms with Crippen molar-refractivity contribution in [3.05, 3.63) is 65.1 Å². The molecule has 0 aliphatic heterocycles. The van der Waals surface area contributed by atoms with Crippen LogP contribution in [0.1, 0.15) is 0 Å². The number of hydrogen-bond acceptors (Lipinski definition) is 4. The zero-order valence-electron chi connectivity index (χ0n) is 11.5. The molecule has 3 rings (SSSR count). The van der Waals surface area contributed by atoms with E-state index in [9.17, 15) is 8.42 Å². The number of benzene rings is 2. The van der Waals surface area contributed by atoms with Crippen LogP contribution in [-0.2, 0) is 10.0 Å². The van der Waals surface area contributed by atoms with E-state index in [0.717, 1.165) is 0 Å². The zero-order chi connectivity index (χ0) is 16.4. The van der Waals surface area contributed by atoms with Crippen molar-refractivity contribution in [1.29, 1.82) is 0 Å². The van der Waals surface area contributed by atoms with Gasteiger partial charge in [-0.3, -0.25) is 4.72 Å². The number of nitrogens with zero attached hydrogens (tertiary/aromatic N) is 1. The molecule has 0 unspecified atom stereocenters. The molecule has 5 nitrogen and oxygen atoms in total. The third kappa shape index (κ3) is 3.50. The van der Waals surface area contributed by atoms with Gasteiger partial charge in [-0.15, -0.1) is 0 Å².